The summed E-state index contributed by atoms with van der Waals surface area (Å²) in [4.78, 5) is 0. The van der Waals surface area contributed by atoms with Crippen LogP contribution in [-0.2, 0) is 0 Å². The van der Waals surface area contributed by atoms with Crippen molar-refractivity contribution in [1.82, 2.24) is 15.0 Å². The van der Waals surface area contributed by atoms with E-state index in [0.29, 0.717) is 0 Å². The van der Waals surface area contributed by atoms with Crippen LogP contribution in [0.4, 0.5) is 0 Å². The molecule has 4 nitrogen and oxygen atoms in total. The van der Waals surface area contributed by atoms with Gasteiger partial charge in [-0.1, -0.05) is 68.9 Å². The van der Waals surface area contributed by atoms with Gasteiger partial charge in [-0.05, 0) is 18.6 Å². The van der Waals surface area contributed by atoms with Gasteiger partial charge in [0.1, 0.15) is 0 Å². The van der Waals surface area contributed by atoms with Gasteiger partial charge in [-0.25, -0.2) is 4.68 Å². The molecule has 0 aliphatic carbocycles. The molecule has 0 fully saturated rings. The minimum Gasteiger partial charge on any atom is -0.387 e. The fourth-order valence-electron chi connectivity index (χ4n) is 2.51. The molecule has 0 amide bonds. The van der Waals surface area contributed by atoms with Crippen LogP contribution in [0.5, 0.6) is 0 Å². The average molecular weight is 287 g/mol. The van der Waals surface area contributed by atoms with Crippen LogP contribution < -0.4 is 0 Å². The van der Waals surface area contributed by atoms with E-state index in [-0.39, 0.29) is 0 Å². The maximum atomic E-state index is 10.4. The highest BCUT2D eigenvalue weighted by atomic mass is 16.3. The largest absolute Gasteiger partial charge is 0.387 e. The van der Waals surface area contributed by atoms with E-state index in [1.807, 2.05) is 30.3 Å². The van der Waals surface area contributed by atoms with Crippen molar-refractivity contribution in [2.75, 3.05) is 0 Å². The molecule has 114 valence electrons. The Labute approximate surface area is 126 Å². The van der Waals surface area contributed by atoms with Gasteiger partial charge >= 0.3 is 0 Å². The molecule has 1 N–H and O–H groups in total. The first kappa shape index (κ1) is 15.7. The Morgan fingerprint density at radius 2 is 1.76 bits per heavy atom. The van der Waals surface area contributed by atoms with E-state index < -0.39 is 6.10 Å². The first-order valence-electron chi connectivity index (χ1n) is 7.97. The van der Waals surface area contributed by atoms with Crippen LogP contribution in [0.2, 0.25) is 0 Å². The standard InChI is InChI=1S/C17H25N3O/c1-2-3-4-5-6-10-13-17(21)16-14-18-19-20(16)15-11-8-7-9-12-15/h7-9,11-12,14,17,21H,2-6,10,13H2,1H3. The molecule has 2 rings (SSSR count). The third-order valence-electron chi connectivity index (χ3n) is 3.75. The van der Waals surface area contributed by atoms with Crippen molar-refractivity contribution in [2.45, 2.75) is 58.0 Å². The monoisotopic (exact) mass is 287 g/mol. The Bertz CT molecular complexity index is 510. The van der Waals surface area contributed by atoms with Crippen molar-refractivity contribution in [3.05, 3.63) is 42.2 Å². The molecule has 21 heavy (non-hydrogen) atoms. The Hall–Kier alpha value is -1.68. The SMILES string of the molecule is CCCCCCCCC(O)c1cnnn1-c1ccccc1. The second kappa shape index (κ2) is 8.57. The van der Waals surface area contributed by atoms with Gasteiger partial charge in [-0.3, -0.25) is 0 Å². The number of rotatable bonds is 9. The molecule has 1 heterocycles. The third kappa shape index (κ3) is 4.67. The number of aromatic nitrogens is 3. The smallest absolute Gasteiger partial charge is 0.0977 e. The number of benzene rings is 1. The molecule has 0 aliphatic rings. The molecule has 1 aromatic heterocycles. The number of hydrogen-bond donors (Lipinski definition) is 1. The zero-order valence-corrected chi connectivity index (χ0v) is 12.8. The van der Waals surface area contributed by atoms with E-state index in [0.717, 1.165) is 24.2 Å². The zero-order valence-electron chi connectivity index (χ0n) is 12.8. The van der Waals surface area contributed by atoms with E-state index in [9.17, 15) is 5.11 Å². The van der Waals surface area contributed by atoms with Gasteiger partial charge in [-0.2, -0.15) is 0 Å². The van der Waals surface area contributed by atoms with Crippen LogP contribution in [0, 0.1) is 0 Å². The normalized spacial score (nSPS) is 12.5. The molecular weight excluding hydrogens is 262 g/mol. The highest BCUT2D eigenvalue weighted by Gasteiger charge is 2.14. The summed E-state index contributed by atoms with van der Waals surface area (Å²) in [7, 11) is 0. The van der Waals surface area contributed by atoms with E-state index in [4.69, 9.17) is 0 Å². The average Bonchev–Trinajstić information content (AvgIpc) is 3.01. The van der Waals surface area contributed by atoms with Gasteiger partial charge in [0.25, 0.3) is 0 Å². The maximum Gasteiger partial charge on any atom is 0.0977 e. The first-order valence-corrected chi connectivity index (χ1v) is 7.97. The topological polar surface area (TPSA) is 50.9 Å². The van der Waals surface area contributed by atoms with Crippen LogP contribution >= 0.6 is 0 Å². The predicted octanol–water partition coefficient (Wildman–Crippen LogP) is 4.05. The molecule has 1 atom stereocenters. The number of para-hydroxylation sites is 1. The second-order valence-electron chi connectivity index (χ2n) is 5.48. The molecule has 1 unspecified atom stereocenters. The molecule has 0 saturated carbocycles. The Balaban J connectivity index is 1.86. The predicted molar refractivity (Wildman–Crippen MR) is 84.3 cm³/mol. The summed E-state index contributed by atoms with van der Waals surface area (Å²) in [6.07, 6.45) is 9.31. The van der Waals surface area contributed by atoms with Crippen molar-refractivity contribution >= 4 is 0 Å². The molecule has 0 saturated heterocycles. The zero-order chi connectivity index (χ0) is 14.9. The number of aliphatic hydroxyl groups is 1. The van der Waals surface area contributed by atoms with Crippen molar-refractivity contribution in [3.8, 4) is 5.69 Å². The van der Waals surface area contributed by atoms with Gasteiger partial charge in [0.05, 0.1) is 23.7 Å². The van der Waals surface area contributed by atoms with Crippen LogP contribution in [0.15, 0.2) is 36.5 Å². The lowest BCUT2D eigenvalue weighted by Crippen LogP contribution is -2.07. The van der Waals surface area contributed by atoms with Gasteiger partial charge in [0.2, 0.25) is 0 Å². The van der Waals surface area contributed by atoms with E-state index in [2.05, 4.69) is 17.2 Å². The molecule has 1 aromatic carbocycles. The van der Waals surface area contributed by atoms with Gasteiger partial charge in [0.15, 0.2) is 0 Å². The van der Waals surface area contributed by atoms with E-state index in [1.54, 1.807) is 10.9 Å². The molecule has 0 spiro atoms. The molecular formula is C17H25N3O. The number of unbranched alkanes of at least 4 members (excludes halogenated alkanes) is 5. The fraction of sp³-hybridized carbons (Fsp3) is 0.529. The summed E-state index contributed by atoms with van der Waals surface area (Å²) >= 11 is 0. The lowest BCUT2D eigenvalue weighted by molar-refractivity contribution is 0.155. The van der Waals surface area contributed by atoms with E-state index in [1.165, 1.54) is 32.1 Å². The summed E-state index contributed by atoms with van der Waals surface area (Å²) in [6.45, 7) is 2.22. The van der Waals surface area contributed by atoms with E-state index >= 15 is 0 Å². The third-order valence-corrected chi connectivity index (χ3v) is 3.75. The van der Waals surface area contributed by atoms with Crippen LogP contribution in [0.1, 0.15) is 63.7 Å². The first-order chi connectivity index (χ1) is 10.3. The number of nitrogens with zero attached hydrogens (tertiary/aromatic N) is 3. The highest BCUT2D eigenvalue weighted by Crippen LogP contribution is 2.21. The van der Waals surface area contributed by atoms with Crippen LogP contribution in [-0.4, -0.2) is 20.1 Å². The minimum absolute atomic E-state index is 0.494. The molecule has 0 bridgehead atoms. The van der Waals surface area contributed by atoms with Gasteiger partial charge in [-0.15, -0.1) is 5.10 Å². The summed E-state index contributed by atoms with van der Waals surface area (Å²) < 4.78 is 1.72. The summed E-state index contributed by atoms with van der Waals surface area (Å²) in [5.74, 6) is 0. The Morgan fingerprint density at radius 3 is 2.52 bits per heavy atom. The number of aliphatic hydroxyl groups excluding tert-OH is 1. The highest BCUT2D eigenvalue weighted by molar-refractivity contribution is 5.31. The Kier molecular flexibility index (Phi) is 6.41. The Morgan fingerprint density at radius 1 is 1.05 bits per heavy atom. The summed E-state index contributed by atoms with van der Waals surface area (Å²) in [6, 6.07) is 9.82. The second-order valence-corrected chi connectivity index (χ2v) is 5.48. The van der Waals surface area contributed by atoms with Crippen molar-refractivity contribution in [2.24, 2.45) is 0 Å². The van der Waals surface area contributed by atoms with Crippen LogP contribution in [0.25, 0.3) is 5.69 Å². The van der Waals surface area contributed by atoms with Gasteiger partial charge in [0, 0.05) is 0 Å². The maximum absolute atomic E-state index is 10.4. The van der Waals surface area contributed by atoms with Crippen molar-refractivity contribution in [1.29, 1.82) is 0 Å². The van der Waals surface area contributed by atoms with Gasteiger partial charge < -0.3 is 5.11 Å². The molecule has 0 radical (unpaired) electrons. The fourth-order valence-corrected chi connectivity index (χ4v) is 2.51. The molecule has 2 aromatic rings. The summed E-state index contributed by atoms with van der Waals surface area (Å²) in [5.41, 5.74) is 1.71. The van der Waals surface area contributed by atoms with Crippen molar-refractivity contribution < 1.29 is 5.11 Å². The minimum atomic E-state index is -0.494. The quantitative estimate of drug-likeness (QED) is 0.708. The molecule has 0 aliphatic heterocycles. The summed E-state index contributed by atoms with van der Waals surface area (Å²) in [5, 5.41) is 18.4. The lowest BCUT2D eigenvalue weighted by Gasteiger charge is -2.12. The molecule has 4 heteroatoms. The lowest BCUT2D eigenvalue weighted by atomic mass is 10.1. The van der Waals surface area contributed by atoms with Crippen LogP contribution in [0.3, 0.4) is 0 Å². The number of hydrogen-bond acceptors (Lipinski definition) is 3. The van der Waals surface area contributed by atoms with Crippen molar-refractivity contribution in [3.63, 3.8) is 0 Å².